The third-order valence-electron chi connectivity index (χ3n) is 3.52. The van der Waals surface area contributed by atoms with E-state index in [0.29, 0.717) is 6.04 Å². The van der Waals surface area contributed by atoms with E-state index in [-0.39, 0.29) is 5.91 Å². The third kappa shape index (κ3) is 2.73. The maximum Gasteiger partial charge on any atom is 0.242 e. The van der Waals surface area contributed by atoms with Crippen LogP contribution < -0.4 is 10.1 Å². The Kier molecular flexibility index (Phi) is 3.53. The summed E-state index contributed by atoms with van der Waals surface area (Å²) in [6, 6.07) is 12.0. The standard InChI is InChI=1S/C16H16ClNO2/c1-20-14-7-4-10-8-12(3-2-11(10)9-14)15(17)16(19)18-13-5-6-13/h2-4,7-9,13,15H,5-6H2,1H3,(H,18,19). The van der Waals surface area contributed by atoms with Gasteiger partial charge in [-0.05, 0) is 47.4 Å². The SMILES string of the molecule is COc1ccc2cc(C(Cl)C(=O)NC3CC3)ccc2c1. The second kappa shape index (κ2) is 5.33. The fourth-order valence-electron chi connectivity index (χ4n) is 2.18. The summed E-state index contributed by atoms with van der Waals surface area (Å²) in [6.45, 7) is 0. The predicted octanol–water partition coefficient (Wildman–Crippen LogP) is 3.41. The Balaban J connectivity index is 1.85. The zero-order valence-corrected chi connectivity index (χ0v) is 12.0. The Morgan fingerprint density at radius 1 is 1.25 bits per heavy atom. The number of amides is 1. The molecule has 4 heteroatoms. The fourth-order valence-corrected chi connectivity index (χ4v) is 2.38. The highest BCUT2D eigenvalue weighted by Gasteiger charge is 2.27. The van der Waals surface area contributed by atoms with Gasteiger partial charge in [0.2, 0.25) is 5.91 Å². The van der Waals surface area contributed by atoms with Crippen molar-refractivity contribution < 1.29 is 9.53 Å². The average molecular weight is 290 g/mol. The van der Waals surface area contributed by atoms with E-state index in [1.165, 1.54) is 0 Å². The molecule has 0 radical (unpaired) electrons. The van der Waals surface area contributed by atoms with E-state index in [1.807, 2.05) is 36.4 Å². The highest BCUT2D eigenvalue weighted by Crippen LogP contribution is 2.28. The monoisotopic (exact) mass is 289 g/mol. The molecule has 0 saturated heterocycles. The molecule has 0 bridgehead atoms. The van der Waals surface area contributed by atoms with Gasteiger partial charge in [-0.15, -0.1) is 11.6 Å². The first-order chi connectivity index (χ1) is 9.67. The van der Waals surface area contributed by atoms with Crippen molar-refractivity contribution in [1.29, 1.82) is 0 Å². The topological polar surface area (TPSA) is 38.3 Å². The molecule has 1 unspecified atom stereocenters. The summed E-state index contributed by atoms with van der Waals surface area (Å²) in [6.07, 6.45) is 2.12. The second-order valence-corrected chi connectivity index (χ2v) is 5.55. The number of alkyl halides is 1. The summed E-state index contributed by atoms with van der Waals surface area (Å²) in [4.78, 5) is 12.0. The Hall–Kier alpha value is -1.74. The summed E-state index contributed by atoms with van der Waals surface area (Å²) >= 11 is 6.25. The van der Waals surface area contributed by atoms with Crippen molar-refractivity contribution in [2.45, 2.75) is 24.3 Å². The van der Waals surface area contributed by atoms with Crippen LogP contribution in [0.3, 0.4) is 0 Å². The molecule has 0 aliphatic heterocycles. The summed E-state index contributed by atoms with van der Waals surface area (Å²) < 4.78 is 5.20. The number of carbonyl (C=O) groups excluding carboxylic acids is 1. The van der Waals surface area contributed by atoms with Crippen LogP contribution in [0.4, 0.5) is 0 Å². The molecule has 1 fully saturated rings. The molecule has 104 valence electrons. The van der Waals surface area contributed by atoms with Crippen LogP contribution in [0.15, 0.2) is 36.4 Å². The Morgan fingerprint density at radius 3 is 2.65 bits per heavy atom. The number of rotatable bonds is 4. The van der Waals surface area contributed by atoms with Crippen LogP contribution in [-0.2, 0) is 4.79 Å². The van der Waals surface area contributed by atoms with Gasteiger partial charge in [0.15, 0.2) is 0 Å². The van der Waals surface area contributed by atoms with Gasteiger partial charge in [0.25, 0.3) is 0 Å². The number of benzene rings is 2. The van der Waals surface area contributed by atoms with Crippen molar-refractivity contribution in [2.75, 3.05) is 7.11 Å². The van der Waals surface area contributed by atoms with Gasteiger partial charge in [-0.2, -0.15) is 0 Å². The van der Waals surface area contributed by atoms with Crippen LogP contribution in [0.2, 0.25) is 0 Å². The van der Waals surface area contributed by atoms with E-state index < -0.39 is 5.38 Å². The molecule has 3 nitrogen and oxygen atoms in total. The number of hydrogen-bond donors (Lipinski definition) is 1. The van der Waals surface area contributed by atoms with Gasteiger partial charge in [0, 0.05) is 6.04 Å². The van der Waals surface area contributed by atoms with Gasteiger partial charge in [-0.1, -0.05) is 18.2 Å². The predicted molar refractivity (Wildman–Crippen MR) is 80.3 cm³/mol. The summed E-state index contributed by atoms with van der Waals surface area (Å²) in [5.41, 5.74) is 0.822. The number of ether oxygens (including phenoxy) is 1. The highest BCUT2D eigenvalue weighted by molar-refractivity contribution is 6.31. The Bertz CT molecular complexity index is 652. The molecule has 1 saturated carbocycles. The quantitative estimate of drug-likeness (QED) is 0.876. The fraction of sp³-hybridized carbons (Fsp3) is 0.312. The lowest BCUT2D eigenvalue weighted by Gasteiger charge is -2.11. The molecule has 20 heavy (non-hydrogen) atoms. The lowest BCUT2D eigenvalue weighted by molar-refractivity contribution is -0.121. The molecule has 0 heterocycles. The Morgan fingerprint density at radius 2 is 1.95 bits per heavy atom. The molecule has 0 spiro atoms. The molecular formula is C16H16ClNO2. The third-order valence-corrected chi connectivity index (χ3v) is 3.97. The molecule has 1 amide bonds. The van der Waals surface area contributed by atoms with Crippen LogP contribution in [0.5, 0.6) is 5.75 Å². The van der Waals surface area contributed by atoms with Gasteiger partial charge in [-0.3, -0.25) is 4.79 Å². The minimum absolute atomic E-state index is 0.109. The summed E-state index contributed by atoms with van der Waals surface area (Å²) in [7, 11) is 1.65. The van der Waals surface area contributed by atoms with Crippen LogP contribution in [0.1, 0.15) is 23.8 Å². The van der Waals surface area contributed by atoms with Crippen molar-refractivity contribution in [3.63, 3.8) is 0 Å². The molecule has 1 N–H and O–H groups in total. The molecule has 0 aromatic heterocycles. The van der Waals surface area contributed by atoms with Crippen LogP contribution in [-0.4, -0.2) is 19.1 Å². The smallest absolute Gasteiger partial charge is 0.242 e. The van der Waals surface area contributed by atoms with E-state index in [4.69, 9.17) is 16.3 Å². The molecule has 1 atom stereocenters. The van der Waals surface area contributed by atoms with Crippen molar-refractivity contribution in [3.8, 4) is 5.75 Å². The number of halogens is 1. The summed E-state index contributed by atoms with van der Waals surface area (Å²) in [5, 5.41) is 4.41. The number of hydrogen-bond acceptors (Lipinski definition) is 2. The van der Waals surface area contributed by atoms with Gasteiger partial charge >= 0.3 is 0 Å². The lowest BCUT2D eigenvalue weighted by atomic mass is 10.0. The van der Waals surface area contributed by atoms with Crippen molar-refractivity contribution >= 4 is 28.3 Å². The highest BCUT2D eigenvalue weighted by atomic mass is 35.5. The first-order valence-corrected chi connectivity index (χ1v) is 7.13. The molecule has 3 rings (SSSR count). The number of carbonyl (C=O) groups is 1. The van der Waals surface area contributed by atoms with E-state index in [0.717, 1.165) is 34.9 Å². The van der Waals surface area contributed by atoms with Crippen molar-refractivity contribution in [2.24, 2.45) is 0 Å². The van der Waals surface area contributed by atoms with Crippen LogP contribution in [0, 0.1) is 0 Å². The molecule has 1 aliphatic carbocycles. The van der Waals surface area contributed by atoms with Crippen LogP contribution in [0.25, 0.3) is 10.8 Å². The van der Waals surface area contributed by atoms with Gasteiger partial charge in [-0.25, -0.2) is 0 Å². The second-order valence-electron chi connectivity index (χ2n) is 5.12. The molecular weight excluding hydrogens is 274 g/mol. The van der Waals surface area contributed by atoms with Gasteiger partial charge in [0.1, 0.15) is 11.1 Å². The number of nitrogens with one attached hydrogen (secondary N) is 1. The molecule has 2 aromatic carbocycles. The zero-order chi connectivity index (χ0) is 14.1. The van der Waals surface area contributed by atoms with Crippen molar-refractivity contribution in [1.82, 2.24) is 5.32 Å². The lowest BCUT2D eigenvalue weighted by Crippen LogP contribution is -2.28. The minimum atomic E-state index is -0.637. The Labute approximate surface area is 122 Å². The largest absolute Gasteiger partial charge is 0.497 e. The molecule has 2 aromatic rings. The minimum Gasteiger partial charge on any atom is -0.497 e. The maximum atomic E-state index is 12.0. The van der Waals surface area contributed by atoms with E-state index >= 15 is 0 Å². The van der Waals surface area contributed by atoms with Crippen molar-refractivity contribution in [3.05, 3.63) is 42.0 Å². The normalized spacial score (nSPS) is 15.9. The number of fused-ring (bicyclic) bond motifs is 1. The summed E-state index contributed by atoms with van der Waals surface area (Å²) in [5.74, 6) is 0.709. The van der Waals surface area contributed by atoms with E-state index in [9.17, 15) is 4.79 Å². The average Bonchev–Trinajstić information content (AvgIpc) is 3.29. The number of methoxy groups -OCH3 is 1. The molecule has 1 aliphatic rings. The van der Waals surface area contributed by atoms with Gasteiger partial charge in [0.05, 0.1) is 7.11 Å². The van der Waals surface area contributed by atoms with E-state index in [1.54, 1.807) is 7.11 Å². The van der Waals surface area contributed by atoms with Crippen LogP contribution >= 0.6 is 11.6 Å². The zero-order valence-electron chi connectivity index (χ0n) is 11.2. The maximum absolute atomic E-state index is 12.0. The first-order valence-electron chi connectivity index (χ1n) is 6.69. The first kappa shape index (κ1) is 13.3. The van der Waals surface area contributed by atoms with Gasteiger partial charge < -0.3 is 10.1 Å². The van der Waals surface area contributed by atoms with E-state index in [2.05, 4.69) is 5.32 Å².